The van der Waals surface area contributed by atoms with Crippen molar-refractivity contribution in [3.05, 3.63) is 42.9 Å². The molecule has 2 heterocycles. The first kappa shape index (κ1) is 11.3. The van der Waals surface area contributed by atoms with Crippen LogP contribution >= 0.6 is 0 Å². The highest BCUT2D eigenvalue weighted by Gasteiger charge is 2.09. The van der Waals surface area contributed by atoms with E-state index in [4.69, 9.17) is 4.74 Å². The molecular weight excluding hydrogens is 244 g/mol. The van der Waals surface area contributed by atoms with Gasteiger partial charge in [0.05, 0.1) is 7.11 Å². The Morgan fingerprint density at radius 2 is 2.21 bits per heavy atom. The fourth-order valence-electron chi connectivity index (χ4n) is 1.87. The van der Waals surface area contributed by atoms with Crippen molar-refractivity contribution in [1.29, 1.82) is 0 Å². The van der Waals surface area contributed by atoms with E-state index in [1.54, 1.807) is 23.9 Å². The van der Waals surface area contributed by atoms with E-state index in [1.807, 2.05) is 24.3 Å². The minimum Gasteiger partial charge on any atom is -0.505 e. The fraction of sp³-hybridized carbons (Fsp3) is 0.0769. The summed E-state index contributed by atoms with van der Waals surface area (Å²) < 4.78 is 6.72. The predicted molar refractivity (Wildman–Crippen MR) is 70.9 cm³/mol. The van der Waals surface area contributed by atoms with E-state index in [-0.39, 0.29) is 5.75 Å². The Morgan fingerprint density at radius 3 is 3.05 bits per heavy atom. The molecule has 0 bridgehead atoms. The van der Waals surface area contributed by atoms with E-state index in [1.165, 1.54) is 6.33 Å². The van der Waals surface area contributed by atoms with Crippen molar-refractivity contribution in [2.45, 2.75) is 0 Å². The van der Waals surface area contributed by atoms with Gasteiger partial charge in [-0.2, -0.15) is 5.10 Å². The summed E-state index contributed by atoms with van der Waals surface area (Å²) in [6.07, 6.45) is 3.10. The predicted octanol–water partition coefficient (Wildman–Crippen LogP) is 2.19. The highest BCUT2D eigenvalue weighted by Crippen LogP contribution is 2.27. The standard InChI is InChI=1S/C13H12N4O2/c1-19-10-4-2-3-9(7-10)16-13-12-11(18)5-6-17(12)15-8-14-13/h2-8,18H,1H3,(H,14,15,16). The van der Waals surface area contributed by atoms with Gasteiger partial charge in [0, 0.05) is 24.0 Å². The maximum absolute atomic E-state index is 9.81. The van der Waals surface area contributed by atoms with Crippen LogP contribution in [0, 0.1) is 0 Å². The van der Waals surface area contributed by atoms with Gasteiger partial charge in [0.25, 0.3) is 0 Å². The van der Waals surface area contributed by atoms with Crippen LogP contribution in [0.2, 0.25) is 0 Å². The lowest BCUT2D eigenvalue weighted by atomic mass is 10.3. The number of anilines is 2. The number of fused-ring (bicyclic) bond motifs is 1. The number of hydrogen-bond acceptors (Lipinski definition) is 5. The minimum absolute atomic E-state index is 0.131. The van der Waals surface area contributed by atoms with E-state index in [0.717, 1.165) is 11.4 Å². The largest absolute Gasteiger partial charge is 0.505 e. The monoisotopic (exact) mass is 256 g/mol. The molecule has 0 fully saturated rings. The van der Waals surface area contributed by atoms with Crippen molar-refractivity contribution in [2.24, 2.45) is 0 Å². The molecule has 0 radical (unpaired) electrons. The van der Waals surface area contributed by atoms with Gasteiger partial charge in [-0.3, -0.25) is 0 Å². The molecule has 96 valence electrons. The summed E-state index contributed by atoms with van der Waals surface area (Å²) in [5.74, 6) is 1.41. The zero-order valence-electron chi connectivity index (χ0n) is 10.2. The van der Waals surface area contributed by atoms with Crippen LogP contribution in [0.5, 0.6) is 11.5 Å². The molecule has 2 N–H and O–H groups in total. The SMILES string of the molecule is COc1cccc(Nc2ncnn3ccc(O)c23)c1. The third kappa shape index (κ3) is 2.03. The van der Waals surface area contributed by atoms with Crippen molar-refractivity contribution in [3.8, 4) is 11.5 Å². The molecule has 0 unspecified atom stereocenters. The molecular formula is C13H12N4O2. The maximum atomic E-state index is 9.81. The van der Waals surface area contributed by atoms with Crippen LogP contribution in [0.3, 0.4) is 0 Å². The molecule has 3 rings (SSSR count). The van der Waals surface area contributed by atoms with Crippen LogP contribution in [-0.4, -0.2) is 26.8 Å². The molecule has 0 saturated carbocycles. The quantitative estimate of drug-likeness (QED) is 0.751. The second kappa shape index (κ2) is 4.49. The Balaban J connectivity index is 2.03. The van der Waals surface area contributed by atoms with E-state index >= 15 is 0 Å². The number of nitrogens with one attached hydrogen (secondary N) is 1. The second-order valence-corrected chi connectivity index (χ2v) is 3.96. The molecule has 0 aliphatic heterocycles. The third-order valence-corrected chi connectivity index (χ3v) is 2.76. The van der Waals surface area contributed by atoms with Gasteiger partial charge < -0.3 is 15.2 Å². The molecule has 0 amide bonds. The van der Waals surface area contributed by atoms with Crippen molar-refractivity contribution in [3.63, 3.8) is 0 Å². The number of ether oxygens (including phenoxy) is 1. The molecule has 2 aromatic heterocycles. The lowest BCUT2D eigenvalue weighted by molar-refractivity contribution is 0.415. The van der Waals surface area contributed by atoms with Crippen molar-refractivity contribution < 1.29 is 9.84 Å². The van der Waals surface area contributed by atoms with Gasteiger partial charge in [-0.1, -0.05) is 6.07 Å². The van der Waals surface area contributed by atoms with Crippen LogP contribution in [0.4, 0.5) is 11.5 Å². The number of aromatic hydroxyl groups is 1. The molecule has 1 aromatic carbocycles. The summed E-state index contributed by atoms with van der Waals surface area (Å²) >= 11 is 0. The summed E-state index contributed by atoms with van der Waals surface area (Å²) in [5, 5.41) is 17.0. The Hall–Kier alpha value is -2.76. The number of hydrogen-bond donors (Lipinski definition) is 2. The Morgan fingerprint density at radius 1 is 1.32 bits per heavy atom. The Bertz CT molecular complexity index is 723. The molecule has 0 spiro atoms. The highest BCUT2D eigenvalue weighted by atomic mass is 16.5. The molecule has 3 aromatic rings. The Labute approximate surface area is 109 Å². The van der Waals surface area contributed by atoms with Crippen molar-refractivity contribution in [2.75, 3.05) is 12.4 Å². The first-order valence-corrected chi connectivity index (χ1v) is 5.70. The van der Waals surface area contributed by atoms with Crippen LogP contribution in [0.25, 0.3) is 5.52 Å². The average Bonchev–Trinajstić information content (AvgIpc) is 2.82. The fourth-order valence-corrected chi connectivity index (χ4v) is 1.87. The lowest BCUT2D eigenvalue weighted by Crippen LogP contribution is -1.99. The van der Waals surface area contributed by atoms with Gasteiger partial charge in [-0.05, 0) is 12.1 Å². The van der Waals surface area contributed by atoms with E-state index in [9.17, 15) is 5.11 Å². The zero-order valence-corrected chi connectivity index (χ0v) is 10.2. The normalized spacial score (nSPS) is 10.6. The number of methoxy groups -OCH3 is 1. The van der Waals surface area contributed by atoms with E-state index in [2.05, 4.69) is 15.4 Å². The molecule has 0 atom stereocenters. The summed E-state index contributed by atoms with van der Waals surface area (Å²) in [6, 6.07) is 9.04. The number of rotatable bonds is 3. The van der Waals surface area contributed by atoms with Crippen LogP contribution in [0.1, 0.15) is 0 Å². The molecule has 0 aliphatic carbocycles. The first-order valence-electron chi connectivity index (χ1n) is 5.70. The van der Waals surface area contributed by atoms with Crippen molar-refractivity contribution in [1.82, 2.24) is 14.6 Å². The zero-order chi connectivity index (χ0) is 13.2. The Kier molecular flexibility index (Phi) is 2.68. The van der Waals surface area contributed by atoms with E-state index < -0.39 is 0 Å². The van der Waals surface area contributed by atoms with Gasteiger partial charge >= 0.3 is 0 Å². The van der Waals surface area contributed by atoms with Crippen LogP contribution < -0.4 is 10.1 Å². The van der Waals surface area contributed by atoms with Gasteiger partial charge in [0.2, 0.25) is 0 Å². The first-order chi connectivity index (χ1) is 9.28. The van der Waals surface area contributed by atoms with E-state index in [0.29, 0.717) is 11.3 Å². The molecule has 6 heteroatoms. The number of aromatic nitrogens is 3. The second-order valence-electron chi connectivity index (χ2n) is 3.96. The topological polar surface area (TPSA) is 71.7 Å². The van der Waals surface area contributed by atoms with Crippen LogP contribution in [-0.2, 0) is 0 Å². The highest BCUT2D eigenvalue weighted by molar-refractivity contribution is 5.78. The number of nitrogens with zero attached hydrogens (tertiary/aromatic N) is 3. The summed E-state index contributed by atoms with van der Waals surface area (Å²) in [4.78, 5) is 4.15. The summed E-state index contributed by atoms with van der Waals surface area (Å²) in [5.41, 5.74) is 1.35. The van der Waals surface area contributed by atoms with Gasteiger partial charge in [-0.25, -0.2) is 9.50 Å². The van der Waals surface area contributed by atoms with Gasteiger partial charge in [0.1, 0.15) is 23.3 Å². The molecule has 6 nitrogen and oxygen atoms in total. The minimum atomic E-state index is 0.131. The third-order valence-electron chi connectivity index (χ3n) is 2.76. The molecule has 19 heavy (non-hydrogen) atoms. The lowest BCUT2D eigenvalue weighted by Gasteiger charge is -2.08. The molecule has 0 aliphatic rings. The van der Waals surface area contributed by atoms with Crippen LogP contribution in [0.15, 0.2) is 42.9 Å². The smallest absolute Gasteiger partial charge is 0.162 e. The maximum Gasteiger partial charge on any atom is 0.162 e. The molecule has 0 saturated heterocycles. The summed E-state index contributed by atoms with van der Waals surface area (Å²) in [6.45, 7) is 0. The summed E-state index contributed by atoms with van der Waals surface area (Å²) in [7, 11) is 1.61. The van der Waals surface area contributed by atoms with Gasteiger partial charge in [0.15, 0.2) is 5.82 Å². The number of benzene rings is 1. The van der Waals surface area contributed by atoms with Gasteiger partial charge in [-0.15, -0.1) is 0 Å². The average molecular weight is 256 g/mol. The van der Waals surface area contributed by atoms with Crippen molar-refractivity contribution >= 4 is 17.0 Å².